The number of aromatic amines is 1. The van der Waals surface area contributed by atoms with Gasteiger partial charge in [0, 0.05) is 19.0 Å². The van der Waals surface area contributed by atoms with Crippen LogP contribution < -0.4 is 4.74 Å². The molecule has 134 valence electrons. The Labute approximate surface area is 151 Å². The largest absolute Gasteiger partial charge is 0.493 e. The lowest BCUT2D eigenvalue weighted by Crippen LogP contribution is -2.42. The minimum Gasteiger partial charge on any atom is -0.493 e. The first-order valence-corrected chi connectivity index (χ1v) is 8.84. The predicted molar refractivity (Wildman–Crippen MR) is 97.0 cm³/mol. The fourth-order valence-electron chi connectivity index (χ4n) is 3.31. The lowest BCUT2D eigenvalue weighted by Gasteiger charge is -2.32. The maximum Gasteiger partial charge on any atom is 0.274 e. The number of para-hydroxylation sites is 1. The Bertz CT molecular complexity index is 923. The maximum absolute atomic E-state index is 12.8. The molecule has 1 aliphatic rings. The molecule has 26 heavy (non-hydrogen) atoms. The smallest absolute Gasteiger partial charge is 0.274 e. The third kappa shape index (κ3) is 3.37. The number of amides is 1. The number of aromatic nitrogens is 4. The molecule has 1 aromatic carbocycles. The van der Waals surface area contributed by atoms with Crippen LogP contribution in [0, 0.1) is 12.8 Å². The predicted octanol–water partition coefficient (Wildman–Crippen LogP) is 2.59. The summed E-state index contributed by atoms with van der Waals surface area (Å²) in [6.07, 6.45) is 5.11. The Morgan fingerprint density at radius 3 is 3.12 bits per heavy atom. The van der Waals surface area contributed by atoms with E-state index in [9.17, 15) is 4.79 Å². The second-order valence-corrected chi connectivity index (χ2v) is 6.70. The van der Waals surface area contributed by atoms with Crippen molar-refractivity contribution >= 4 is 17.1 Å². The summed E-state index contributed by atoms with van der Waals surface area (Å²) < 4.78 is 5.98. The Morgan fingerprint density at radius 2 is 2.23 bits per heavy atom. The molecule has 1 saturated heterocycles. The number of hydrogen-bond acceptors (Lipinski definition) is 5. The minimum atomic E-state index is -0.0822. The first-order valence-electron chi connectivity index (χ1n) is 8.84. The zero-order valence-corrected chi connectivity index (χ0v) is 14.7. The highest BCUT2D eigenvalue weighted by atomic mass is 16.5. The van der Waals surface area contributed by atoms with Gasteiger partial charge in [-0.05, 0) is 31.4 Å². The molecule has 0 spiro atoms. The number of fused-ring (bicyclic) bond motifs is 1. The molecule has 1 amide bonds. The number of carbonyl (C=O) groups is 1. The van der Waals surface area contributed by atoms with E-state index in [1.165, 1.54) is 6.20 Å². The Morgan fingerprint density at radius 1 is 1.35 bits per heavy atom. The zero-order chi connectivity index (χ0) is 17.9. The van der Waals surface area contributed by atoms with Crippen molar-refractivity contribution in [3.05, 3.63) is 47.9 Å². The quantitative estimate of drug-likeness (QED) is 0.781. The molecule has 0 aliphatic carbocycles. The molecule has 1 aliphatic heterocycles. The first-order chi connectivity index (χ1) is 12.7. The maximum atomic E-state index is 12.8. The van der Waals surface area contributed by atoms with Crippen LogP contribution in [-0.2, 0) is 0 Å². The van der Waals surface area contributed by atoms with E-state index < -0.39 is 0 Å². The van der Waals surface area contributed by atoms with E-state index in [-0.39, 0.29) is 5.91 Å². The van der Waals surface area contributed by atoms with Crippen molar-refractivity contribution in [2.75, 3.05) is 19.7 Å². The molecule has 1 atom stereocenters. The van der Waals surface area contributed by atoms with Gasteiger partial charge in [-0.15, -0.1) is 0 Å². The van der Waals surface area contributed by atoms with Gasteiger partial charge in [-0.3, -0.25) is 9.89 Å². The molecule has 7 nitrogen and oxygen atoms in total. The zero-order valence-electron chi connectivity index (χ0n) is 14.7. The van der Waals surface area contributed by atoms with E-state index in [1.807, 2.05) is 36.1 Å². The van der Waals surface area contributed by atoms with Gasteiger partial charge in [0.1, 0.15) is 17.0 Å². The molecule has 3 heterocycles. The highest BCUT2D eigenvalue weighted by Gasteiger charge is 2.26. The molecule has 2 aromatic heterocycles. The molecular formula is C19H21N5O2. The van der Waals surface area contributed by atoms with Crippen molar-refractivity contribution in [3.63, 3.8) is 0 Å². The number of rotatable bonds is 4. The van der Waals surface area contributed by atoms with Crippen LogP contribution in [0.1, 0.15) is 28.9 Å². The van der Waals surface area contributed by atoms with E-state index in [0.717, 1.165) is 30.7 Å². The fraction of sp³-hybridized carbons (Fsp3) is 0.368. The molecule has 1 N–H and O–H groups in total. The molecule has 1 unspecified atom stereocenters. The van der Waals surface area contributed by atoms with Crippen LogP contribution in [0.3, 0.4) is 0 Å². The van der Waals surface area contributed by atoms with Crippen molar-refractivity contribution in [2.24, 2.45) is 5.92 Å². The minimum absolute atomic E-state index is 0.0822. The third-order valence-corrected chi connectivity index (χ3v) is 4.75. The summed E-state index contributed by atoms with van der Waals surface area (Å²) in [7, 11) is 0. The molecule has 4 rings (SSSR count). The van der Waals surface area contributed by atoms with E-state index in [2.05, 4.69) is 20.2 Å². The molecular weight excluding hydrogens is 330 g/mol. The summed E-state index contributed by atoms with van der Waals surface area (Å²) in [5, 5.41) is 6.64. The van der Waals surface area contributed by atoms with Gasteiger partial charge in [-0.1, -0.05) is 18.2 Å². The summed E-state index contributed by atoms with van der Waals surface area (Å²) in [5.41, 5.74) is 2.68. The van der Waals surface area contributed by atoms with Gasteiger partial charge in [-0.2, -0.15) is 5.10 Å². The molecule has 0 saturated carbocycles. The molecule has 7 heteroatoms. The number of carbonyl (C=O) groups excluding carboxylic acids is 1. The van der Waals surface area contributed by atoms with Gasteiger partial charge >= 0.3 is 0 Å². The number of ether oxygens (including phenoxy) is 1. The van der Waals surface area contributed by atoms with Crippen LogP contribution in [0.25, 0.3) is 11.2 Å². The van der Waals surface area contributed by atoms with E-state index >= 15 is 0 Å². The lowest BCUT2D eigenvalue weighted by atomic mass is 9.98. The second-order valence-electron chi connectivity index (χ2n) is 6.70. The van der Waals surface area contributed by atoms with Crippen LogP contribution in [0.5, 0.6) is 5.75 Å². The van der Waals surface area contributed by atoms with Crippen LogP contribution >= 0.6 is 0 Å². The van der Waals surface area contributed by atoms with Crippen LogP contribution in [0.15, 0.2) is 36.7 Å². The van der Waals surface area contributed by atoms with Gasteiger partial charge in [0.2, 0.25) is 0 Å². The Balaban J connectivity index is 1.41. The number of nitrogens with zero attached hydrogens (tertiary/aromatic N) is 4. The number of hydrogen-bond donors (Lipinski definition) is 1. The van der Waals surface area contributed by atoms with Gasteiger partial charge < -0.3 is 9.64 Å². The normalized spacial score (nSPS) is 17.4. The summed E-state index contributed by atoms with van der Waals surface area (Å²) >= 11 is 0. The van der Waals surface area contributed by atoms with Crippen molar-refractivity contribution in [2.45, 2.75) is 19.8 Å². The van der Waals surface area contributed by atoms with Crippen LogP contribution in [0.2, 0.25) is 0 Å². The van der Waals surface area contributed by atoms with Gasteiger partial charge in [0.25, 0.3) is 5.91 Å². The highest BCUT2D eigenvalue weighted by molar-refractivity contribution is 5.93. The average molecular weight is 351 g/mol. The van der Waals surface area contributed by atoms with E-state index in [4.69, 9.17) is 4.74 Å². The topological polar surface area (TPSA) is 84.0 Å². The van der Waals surface area contributed by atoms with E-state index in [0.29, 0.717) is 35.9 Å². The van der Waals surface area contributed by atoms with Crippen molar-refractivity contribution in [3.8, 4) is 5.75 Å². The first kappa shape index (κ1) is 16.5. The summed E-state index contributed by atoms with van der Waals surface area (Å²) in [6, 6.07) is 8.00. The number of aryl methyl sites for hydroxylation is 1. The van der Waals surface area contributed by atoms with Crippen LogP contribution in [0.4, 0.5) is 0 Å². The van der Waals surface area contributed by atoms with Crippen molar-refractivity contribution in [1.29, 1.82) is 0 Å². The Hall–Kier alpha value is -2.96. The third-order valence-electron chi connectivity index (χ3n) is 4.75. The summed E-state index contributed by atoms with van der Waals surface area (Å²) in [6.45, 7) is 4.07. The standard InChI is InChI=1S/C19H21N5O2/c1-13-5-2-3-7-17(13)26-12-14-6-4-8-24(11-14)19(25)16-9-20-18-15(22-16)10-21-23-18/h2-3,5,7,9-10,14H,4,6,8,11-12H2,1H3,(H,20,21,23). The number of benzene rings is 1. The number of nitrogens with one attached hydrogen (secondary N) is 1. The van der Waals surface area contributed by atoms with E-state index in [1.54, 1.807) is 6.20 Å². The Kier molecular flexibility index (Phi) is 4.51. The lowest BCUT2D eigenvalue weighted by molar-refractivity contribution is 0.0627. The molecule has 0 bridgehead atoms. The second kappa shape index (κ2) is 7.11. The summed E-state index contributed by atoms with van der Waals surface area (Å²) in [4.78, 5) is 23.2. The monoisotopic (exact) mass is 351 g/mol. The van der Waals surface area contributed by atoms with Crippen molar-refractivity contribution < 1.29 is 9.53 Å². The average Bonchev–Trinajstić information content (AvgIpc) is 3.15. The molecule has 1 fully saturated rings. The molecule has 3 aromatic rings. The number of likely N-dealkylation sites (tertiary alicyclic amines) is 1. The highest BCUT2D eigenvalue weighted by Crippen LogP contribution is 2.22. The van der Waals surface area contributed by atoms with Gasteiger partial charge in [0.15, 0.2) is 5.65 Å². The number of H-pyrrole nitrogens is 1. The SMILES string of the molecule is Cc1ccccc1OCC1CCCN(C(=O)c2cnc3[nH]ncc3n2)C1. The summed E-state index contributed by atoms with van der Waals surface area (Å²) in [5.74, 6) is 1.14. The fourth-order valence-corrected chi connectivity index (χ4v) is 3.31. The molecule has 0 radical (unpaired) electrons. The van der Waals surface area contributed by atoms with Gasteiger partial charge in [0.05, 0.1) is 19.0 Å². The van der Waals surface area contributed by atoms with Crippen LogP contribution in [-0.4, -0.2) is 50.7 Å². The van der Waals surface area contributed by atoms with Gasteiger partial charge in [-0.25, -0.2) is 9.97 Å². The number of piperidine rings is 1. The van der Waals surface area contributed by atoms with Crippen molar-refractivity contribution in [1.82, 2.24) is 25.1 Å².